The molecular formula is C16H23N5O2. The minimum absolute atomic E-state index is 0.235. The van der Waals surface area contributed by atoms with E-state index in [4.69, 9.17) is 4.74 Å². The minimum Gasteiger partial charge on any atom is -0.497 e. The SMILES string of the molecule is COc1ccnc(CN2CC[C@](O)(c3cn(C(C)C)nn3)C2)c1. The van der Waals surface area contributed by atoms with Gasteiger partial charge in [-0.2, -0.15) is 0 Å². The Kier molecular flexibility index (Phi) is 4.32. The third-order valence-corrected chi connectivity index (χ3v) is 4.25. The largest absolute Gasteiger partial charge is 0.497 e. The molecule has 3 heterocycles. The molecule has 0 aliphatic carbocycles. The molecule has 7 nitrogen and oxygen atoms in total. The van der Waals surface area contributed by atoms with E-state index in [1.807, 2.05) is 32.2 Å². The van der Waals surface area contributed by atoms with Crippen LogP contribution >= 0.6 is 0 Å². The molecular weight excluding hydrogens is 294 g/mol. The predicted molar refractivity (Wildman–Crippen MR) is 85.0 cm³/mol. The van der Waals surface area contributed by atoms with Gasteiger partial charge >= 0.3 is 0 Å². The van der Waals surface area contributed by atoms with Crippen LogP contribution in [0.3, 0.4) is 0 Å². The molecule has 0 bridgehead atoms. The second-order valence-electron chi connectivity index (χ2n) is 6.36. The van der Waals surface area contributed by atoms with Crippen molar-refractivity contribution in [3.8, 4) is 5.75 Å². The zero-order valence-electron chi connectivity index (χ0n) is 13.8. The van der Waals surface area contributed by atoms with Gasteiger partial charge in [0.05, 0.1) is 19.0 Å². The van der Waals surface area contributed by atoms with Crippen molar-refractivity contribution in [1.82, 2.24) is 24.9 Å². The van der Waals surface area contributed by atoms with E-state index >= 15 is 0 Å². The highest BCUT2D eigenvalue weighted by Gasteiger charge is 2.40. The predicted octanol–water partition coefficient (Wildman–Crippen LogP) is 1.36. The van der Waals surface area contributed by atoms with E-state index in [1.165, 1.54) is 0 Å². The van der Waals surface area contributed by atoms with Crippen LogP contribution in [0.5, 0.6) is 5.75 Å². The first-order valence-corrected chi connectivity index (χ1v) is 7.86. The summed E-state index contributed by atoms with van der Waals surface area (Å²) in [4.78, 5) is 6.54. The summed E-state index contributed by atoms with van der Waals surface area (Å²) in [5, 5.41) is 19.2. The number of ether oxygens (including phenoxy) is 1. The number of nitrogens with zero attached hydrogens (tertiary/aromatic N) is 5. The van der Waals surface area contributed by atoms with E-state index in [0.717, 1.165) is 18.0 Å². The highest BCUT2D eigenvalue weighted by Crippen LogP contribution is 2.31. The van der Waals surface area contributed by atoms with Crippen molar-refractivity contribution >= 4 is 0 Å². The summed E-state index contributed by atoms with van der Waals surface area (Å²) in [6.45, 7) is 6.08. The van der Waals surface area contributed by atoms with Gasteiger partial charge < -0.3 is 9.84 Å². The molecule has 1 N–H and O–H groups in total. The number of β-amino-alcohol motifs (C(OH)–C–C–N with tert-alkyl or cyclic N) is 1. The normalized spacial score (nSPS) is 22.0. The van der Waals surface area contributed by atoms with Crippen molar-refractivity contribution in [2.24, 2.45) is 0 Å². The maximum absolute atomic E-state index is 10.9. The maximum Gasteiger partial charge on any atom is 0.124 e. The van der Waals surface area contributed by atoms with E-state index in [1.54, 1.807) is 18.0 Å². The number of hydrogen-bond donors (Lipinski definition) is 1. The number of pyridine rings is 1. The third-order valence-electron chi connectivity index (χ3n) is 4.25. The fraction of sp³-hybridized carbons (Fsp3) is 0.562. The molecule has 0 unspecified atom stereocenters. The lowest BCUT2D eigenvalue weighted by atomic mass is 10.00. The highest BCUT2D eigenvalue weighted by atomic mass is 16.5. The molecule has 0 spiro atoms. The number of hydrogen-bond acceptors (Lipinski definition) is 6. The molecule has 1 aliphatic rings. The summed E-state index contributed by atoms with van der Waals surface area (Å²) in [6, 6.07) is 3.99. The van der Waals surface area contributed by atoms with Gasteiger partial charge in [-0.25, -0.2) is 4.68 Å². The summed E-state index contributed by atoms with van der Waals surface area (Å²) in [7, 11) is 1.64. The average Bonchev–Trinajstić information content (AvgIpc) is 3.16. The van der Waals surface area contributed by atoms with Gasteiger partial charge in [0.2, 0.25) is 0 Å². The van der Waals surface area contributed by atoms with Crippen molar-refractivity contribution < 1.29 is 9.84 Å². The lowest BCUT2D eigenvalue weighted by Crippen LogP contribution is -2.31. The van der Waals surface area contributed by atoms with Crippen LogP contribution in [0.15, 0.2) is 24.5 Å². The Hall–Kier alpha value is -1.99. The van der Waals surface area contributed by atoms with Crippen molar-refractivity contribution in [3.63, 3.8) is 0 Å². The second-order valence-corrected chi connectivity index (χ2v) is 6.36. The van der Waals surface area contributed by atoms with Crippen molar-refractivity contribution in [3.05, 3.63) is 35.9 Å². The molecule has 0 amide bonds. The summed E-state index contributed by atoms with van der Waals surface area (Å²) in [6.07, 6.45) is 4.23. The first-order chi connectivity index (χ1) is 11.0. The van der Waals surface area contributed by atoms with E-state index < -0.39 is 5.60 Å². The van der Waals surface area contributed by atoms with Crippen molar-refractivity contribution in [2.45, 2.75) is 38.5 Å². The first-order valence-electron chi connectivity index (χ1n) is 7.86. The fourth-order valence-electron chi connectivity index (χ4n) is 2.86. The van der Waals surface area contributed by atoms with Gasteiger partial charge in [-0.05, 0) is 26.3 Å². The molecule has 0 aromatic carbocycles. The number of aromatic nitrogens is 4. The first kappa shape index (κ1) is 15.9. The van der Waals surface area contributed by atoms with E-state index in [9.17, 15) is 5.11 Å². The van der Waals surface area contributed by atoms with Crippen LogP contribution in [-0.4, -0.2) is 50.2 Å². The van der Waals surface area contributed by atoms with E-state index in [2.05, 4.69) is 20.2 Å². The molecule has 0 radical (unpaired) electrons. The number of methoxy groups -OCH3 is 1. The summed E-state index contributed by atoms with van der Waals surface area (Å²) in [5.74, 6) is 0.796. The minimum atomic E-state index is -0.938. The van der Waals surface area contributed by atoms with Crippen LogP contribution in [0, 0.1) is 0 Å². The molecule has 23 heavy (non-hydrogen) atoms. The topological polar surface area (TPSA) is 76.3 Å². The Morgan fingerprint density at radius 2 is 2.26 bits per heavy atom. The monoisotopic (exact) mass is 317 g/mol. The van der Waals surface area contributed by atoms with Crippen LogP contribution in [-0.2, 0) is 12.1 Å². The van der Waals surface area contributed by atoms with Gasteiger partial charge in [0.1, 0.15) is 17.0 Å². The summed E-state index contributed by atoms with van der Waals surface area (Å²) >= 11 is 0. The van der Waals surface area contributed by atoms with Gasteiger partial charge in [-0.1, -0.05) is 5.21 Å². The average molecular weight is 317 g/mol. The van der Waals surface area contributed by atoms with E-state index in [-0.39, 0.29) is 6.04 Å². The van der Waals surface area contributed by atoms with E-state index in [0.29, 0.717) is 25.2 Å². The zero-order valence-corrected chi connectivity index (χ0v) is 13.8. The molecule has 1 aliphatic heterocycles. The summed E-state index contributed by atoms with van der Waals surface area (Å²) < 4.78 is 7.00. The fourth-order valence-corrected chi connectivity index (χ4v) is 2.86. The van der Waals surface area contributed by atoms with Crippen LogP contribution in [0.1, 0.15) is 37.7 Å². The van der Waals surface area contributed by atoms with Gasteiger partial charge in [-0.3, -0.25) is 9.88 Å². The van der Waals surface area contributed by atoms with Crippen LogP contribution in [0.25, 0.3) is 0 Å². The summed E-state index contributed by atoms with van der Waals surface area (Å²) in [5.41, 5.74) is 0.637. The molecule has 2 aromatic heterocycles. The van der Waals surface area contributed by atoms with Gasteiger partial charge in [0.25, 0.3) is 0 Å². The van der Waals surface area contributed by atoms with Crippen molar-refractivity contribution in [1.29, 1.82) is 0 Å². The Morgan fingerprint density at radius 1 is 1.43 bits per heavy atom. The van der Waals surface area contributed by atoms with Gasteiger partial charge in [0.15, 0.2) is 0 Å². The quantitative estimate of drug-likeness (QED) is 0.897. The molecule has 1 saturated heterocycles. The lowest BCUT2D eigenvalue weighted by Gasteiger charge is -2.21. The zero-order chi connectivity index (χ0) is 16.4. The van der Waals surface area contributed by atoms with Crippen LogP contribution in [0.4, 0.5) is 0 Å². The van der Waals surface area contributed by atoms with Gasteiger partial charge in [0, 0.05) is 37.9 Å². The van der Waals surface area contributed by atoms with Gasteiger partial charge in [-0.15, -0.1) is 5.10 Å². The Labute approximate surface area is 135 Å². The Morgan fingerprint density at radius 3 is 2.96 bits per heavy atom. The highest BCUT2D eigenvalue weighted by molar-refractivity contribution is 5.22. The molecule has 7 heteroatoms. The second kappa shape index (κ2) is 6.25. The van der Waals surface area contributed by atoms with Crippen LogP contribution < -0.4 is 4.74 Å². The lowest BCUT2D eigenvalue weighted by molar-refractivity contribution is 0.0407. The number of aliphatic hydroxyl groups is 1. The smallest absolute Gasteiger partial charge is 0.124 e. The standard InChI is InChI=1S/C16H23N5O2/c1-12(2)21-10-15(18-19-21)16(22)5-7-20(11-16)9-13-8-14(23-3)4-6-17-13/h4,6,8,10,12,22H,5,7,9,11H2,1-3H3/t16-/m1/s1. The molecule has 124 valence electrons. The molecule has 0 saturated carbocycles. The molecule has 3 rings (SSSR count). The number of likely N-dealkylation sites (tertiary alicyclic amines) is 1. The molecule has 1 atom stereocenters. The number of rotatable bonds is 5. The maximum atomic E-state index is 10.9. The third kappa shape index (κ3) is 3.35. The van der Waals surface area contributed by atoms with Crippen molar-refractivity contribution in [2.75, 3.05) is 20.2 Å². The molecule has 2 aromatic rings. The Balaban J connectivity index is 1.69. The molecule has 1 fully saturated rings. The van der Waals surface area contributed by atoms with Crippen LogP contribution in [0.2, 0.25) is 0 Å². The Bertz CT molecular complexity index is 672.